The summed E-state index contributed by atoms with van der Waals surface area (Å²) in [5, 5.41) is 5.69. The molecule has 2 aromatic rings. The zero-order valence-electron chi connectivity index (χ0n) is 13.3. The lowest BCUT2D eigenvalue weighted by Crippen LogP contribution is -2.24. The summed E-state index contributed by atoms with van der Waals surface area (Å²) >= 11 is 0. The first-order valence-electron chi connectivity index (χ1n) is 8.08. The van der Waals surface area contributed by atoms with Crippen molar-refractivity contribution in [2.75, 3.05) is 5.32 Å². The minimum Gasteiger partial charge on any atom is -0.459 e. The van der Waals surface area contributed by atoms with Gasteiger partial charge in [0.2, 0.25) is 5.91 Å². The van der Waals surface area contributed by atoms with E-state index in [0.29, 0.717) is 24.6 Å². The third-order valence-electron chi connectivity index (χ3n) is 4.01. The molecule has 124 valence electrons. The zero-order valence-corrected chi connectivity index (χ0v) is 13.3. The number of benzene rings is 1. The molecule has 1 aromatic heterocycles. The highest BCUT2D eigenvalue weighted by Gasteiger charge is 2.13. The summed E-state index contributed by atoms with van der Waals surface area (Å²) in [6, 6.07) is 10.7. The molecule has 0 aliphatic heterocycles. The highest BCUT2D eigenvalue weighted by Crippen LogP contribution is 2.20. The maximum Gasteiger partial charge on any atom is 0.291 e. The van der Waals surface area contributed by atoms with Crippen LogP contribution >= 0.6 is 0 Å². The average Bonchev–Trinajstić information content (AvgIpc) is 3.28. The number of hydrogen-bond acceptors (Lipinski definition) is 3. The van der Waals surface area contributed by atoms with E-state index in [4.69, 9.17) is 4.42 Å². The van der Waals surface area contributed by atoms with Crippen LogP contribution in [0.1, 0.15) is 35.4 Å². The fourth-order valence-electron chi connectivity index (χ4n) is 2.68. The topological polar surface area (TPSA) is 71.3 Å². The van der Waals surface area contributed by atoms with Crippen molar-refractivity contribution in [2.45, 2.75) is 25.8 Å². The van der Waals surface area contributed by atoms with Gasteiger partial charge in [-0.1, -0.05) is 24.3 Å². The number of rotatable bonds is 6. The van der Waals surface area contributed by atoms with Gasteiger partial charge in [0.1, 0.15) is 0 Å². The molecule has 0 saturated carbocycles. The number of amides is 2. The SMILES string of the molecule is O=C(C[C@@H]1C=CCC1)NCc1ccc(NC(=O)c2ccco2)cc1. The Morgan fingerprint density at radius 2 is 2.00 bits per heavy atom. The first-order valence-corrected chi connectivity index (χ1v) is 8.08. The molecule has 5 heteroatoms. The van der Waals surface area contributed by atoms with Crippen LogP contribution in [0.4, 0.5) is 5.69 Å². The smallest absolute Gasteiger partial charge is 0.291 e. The lowest BCUT2D eigenvalue weighted by atomic mass is 10.1. The molecule has 1 aromatic carbocycles. The van der Waals surface area contributed by atoms with Gasteiger partial charge in [0.15, 0.2) is 5.76 Å². The Kier molecular flexibility index (Phi) is 5.11. The number of allylic oxidation sites excluding steroid dienone is 2. The average molecular weight is 324 g/mol. The summed E-state index contributed by atoms with van der Waals surface area (Å²) < 4.78 is 5.05. The van der Waals surface area contributed by atoms with Crippen LogP contribution in [0, 0.1) is 5.92 Å². The van der Waals surface area contributed by atoms with E-state index in [1.54, 1.807) is 12.1 Å². The second-order valence-corrected chi connectivity index (χ2v) is 5.87. The largest absolute Gasteiger partial charge is 0.459 e. The first-order chi connectivity index (χ1) is 11.7. The second-order valence-electron chi connectivity index (χ2n) is 5.87. The number of furan rings is 1. The van der Waals surface area contributed by atoms with Gasteiger partial charge in [-0.05, 0) is 48.6 Å². The van der Waals surface area contributed by atoms with Crippen LogP contribution in [0.3, 0.4) is 0 Å². The summed E-state index contributed by atoms with van der Waals surface area (Å²) in [5.41, 5.74) is 1.67. The van der Waals surface area contributed by atoms with Crippen LogP contribution in [-0.2, 0) is 11.3 Å². The first kappa shape index (κ1) is 16.1. The minimum absolute atomic E-state index is 0.0711. The highest BCUT2D eigenvalue weighted by atomic mass is 16.3. The van der Waals surface area contributed by atoms with E-state index in [1.807, 2.05) is 24.3 Å². The van der Waals surface area contributed by atoms with E-state index in [0.717, 1.165) is 18.4 Å². The number of anilines is 1. The summed E-state index contributed by atoms with van der Waals surface area (Å²) in [5.74, 6) is 0.434. The van der Waals surface area contributed by atoms with Crippen molar-refractivity contribution in [3.63, 3.8) is 0 Å². The Bertz CT molecular complexity index is 718. The third-order valence-corrected chi connectivity index (χ3v) is 4.01. The zero-order chi connectivity index (χ0) is 16.8. The normalized spacial score (nSPS) is 16.1. The standard InChI is InChI=1S/C19H20N2O3/c22-18(12-14-4-1-2-5-14)20-13-15-7-9-16(10-8-15)21-19(23)17-6-3-11-24-17/h1,3-4,6-11,14H,2,5,12-13H2,(H,20,22)(H,21,23)/t14-/m1/s1. The van der Waals surface area contributed by atoms with Gasteiger partial charge in [-0.2, -0.15) is 0 Å². The molecular formula is C19H20N2O3. The highest BCUT2D eigenvalue weighted by molar-refractivity contribution is 6.02. The summed E-state index contributed by atoms with van der Waals surface area (Å²) in [4.78, 5) is 23.8. The monoisotopic (exact) mass is 324 g/mol. The molecule has 0 saturated heterocycles. The van der Waals surface area contributed by atoms with E-state index >= 15 is 0 Å². The lowest BCUT2D eigenvalue weighted by molar-refractivity contribution is -0.121. The van der Waals surface area contributed by atoms with Crippen molar-refractivity contribution in [2.24, 2.45) is 5.92 Å². The lowest BCUT2D eigenvalue weighted by Gasteiger charge is -2.09. The van der Waals surface area contributed by atoms with Gasteiger partial charge in [0, 0.05) is 18.7 Å². The summed E-state index contributed by atoms with van der Waals surface area (Å²) in [6.45, 7) is 0.488. The van der Waals surface area contributed by atoms with Crippen LogP contribution < -0.4 is 10.6 Å². The van der Waals surface area contributed by atoms with E-state index < -0.39 is 0 Å². The fraction of sp³-hybridized carbons (Fsp3) is 0.263. The Balaban J connectivity index is 1.46. The van der Waals surface area contributed by atoms with Gasteiger partial charge in [0.25, 0.3) is 5.91 Å². The molecule has 0 fully saturated rings. The Morgan fingerprint density at radius 3 is 2.67 bits per heavy atom. The minimum atomic E-state index is -0.286. The molecule has 5 nitrogen and oxygen atoms in total. The van der Waals surface area contributed by atoms with Crippen LogP contribution in [0.25, 0.3) is 0 Å². The van der Waals surface area contributed by atoms with Gasteiger partial charge in [-0.25, -0.2) is 0 Å². The Labute approximate surface area is 140 Å². The quantitative estimate of drug-likeness (QED) is 0.799. The van der Waals surface area contributed by atoms with Crippen molar-refractivity contribution in [3.8, 4) is 0 Å². The molecule has 0 radical (unpaired) electrons. The number of nitrogens with one attached hydrogen (secondary N) is 2. The van der Waals surface area contributed by atoms with Crippen LogP contribution in [0.5, 0.6) is 0 Å². The van der Waals surface area contributed by atoms with Gasteiger partial charge < -0.3 is 15.1 Å². The Morgan fingerprint density at radius 1 is 1.17 bits per heavy atom. The number of carbonyl (C=O) groups excluding carboxylic acids is 2. The third kappa shape index (κ3) is 4.35. The van der Waals surface area contributed by atoms with Gasteiger partial charge in [-0.15, -0.1) is 0 Å². The summed E-state index contributed by atoms with van der Waals surface area (Å²) in [7, 11) is 0. The van der Waals surface area contributed by atoms with Gasteiger partial charge in [-0.3, -0.25) is 9.59 Å². The second kappa shape index (κ2) is 7.64. The molecule has 1 aliphatic carbocycles. The van der Waals surface area contributed by atoms with Crippen molar-refractivity contribution in [1.29, 1.82) is 0 Å². The van der Waals surface area contributed by atoms with Gasteiger partial charge >= 0.3 is 0 Å². The number of hydrogen-bond donors (Lipinski definition) is 2. The van der Waals surface area contributed by atoms with Crippen molar-refractivity contribution >= 4 is 17.5 Å². The maximum atomic E-state index is 11.9. The molecule has 1 atom stereocenters. The molecule has 2 N–H and O–H groups in total. The van der Waals surface area contributed by atoms with E-state index in [9.17, 15) is 9.59 Å². The molecular weight excluding hydrogens is 304 g/mol. The molecule has 2 amide bonds. The molecule has 0 spiro atoms. The molecule has 0 bridgehead atoms. The summed E-state index contributed by atoms with van der Waals surface area (Å²) in [6.07, 6.45) is 8.40. The maximum absolute atomic E-state index is 11.9. The van der Waals surface area contributed by atoms with Crippen molar-refractivity contribution in [1.82, 2.24) is 5.32 Å². The van der Waals surface area contributed by atoms with Crippen LogP contribution in [0.15, 0.2) is 59.2 Å². The molecule has 1 aliphatic rings. The molecule has 3 rings (SSSR count). The molecule has 1 heterocycles. The predicted molar refractivity (Wildman–Crippen MR) is 91.4 cm³/mol. The van der Waals surface area contributed by atoms with E-state index in [-0.39, 0.29) is 17.6 Å². The van der Waals surface area contributed by atoms with E-state index in [2.05, 4.69) is 22.8 Å². The molecule has 24 heavy (non-hydrogen) atoms. The fourth-order valence-corrected chi connectivity index (χ4v) is 2.68. The van der Waals surface area contributed by atoms with Crippen LogP contribution in [0.2, 0.25) is 0 Å². The Hall–Kier alpha value is -2.82. The number of carbonyl (C=O) groups is 2. The molecule has 0 unspecified atom stereocenters. The van der Waals surface area contributed by atoms with Crippen molar-refractivity contribution < 1.29 is 14.0 Å². The van der Waals surface area contributed by atoms with Crippen molar-refractivity contribution in [3.05, 3.63) is 66.1 Å². The van der Waals surface area contributed by atoms with Gasteiger partial charge in [0.05, 0.1) is 6.26 Å². The predicted octanol–water partition coefficient (Wildman–Crippen LogP) is 3.50. The van der Waals surface area contributed by atoms with Crippen LogP contribution in [-0.4, -0.2) is 11.8 Å². The van der Waals surface area contributed by atoms with E-state index in [1.165, 1.54) is 6.26 Å².